The van der Waals surface area contributed by atoms with Crippen molar-refractivity contribution in [2.45, 2.75) is 39.7 Å². The van der Waals surface area contributed by atoms with E-state index in [1.54, 1.807) is 0 Å². The molecule has 0 saturated heterocycles. The Bertz CT molecular complexity index is 659. The first-order chi connectivity index (χ1) is 10.8. The molecule has 0 aliphatic rings. The molecule has 2 aromatic carbocycles. The summed E-state index contributed by atoms with van der Waals surface area (Å²) in [5.41, 5.74) is 2.10. The molecular weight excluding hydrogens is 286 g/mol. The number of aliphatic hydroxyl groups excluding tert-OH is 1. The van der Waals surface area contributed by atoms with Crippen LogP contribution in [-0.4, -0.2) is 11.0 Å². The van der Waals surface area contributed by atoms with Crippen LogP contribution < -0.4 is 5.32 Å². The Morgan fingerprint density at radius 2 is 1.57 bits per heavy atom. The Morgan fingerprint density at radius 1 is 1.00 bits per heavy atom. The monoisotopic (exact) mass is 311 g/mol. The standard InChI is InChI=1S/C20H25NO2/c1-14(18(22)15-10-6-5-7-11-15)16-12-8-9-13-17(16)21-19(23)20(2,3)4/h5-14,18,22H,1-4H3,(H,21,23)/t14-,18?/m1/s1. The van der Waals surface area contributed by atoms with Gasteiger partial charge in [-0.3, -0.25) is 4.79 Å². The first kappa shape index (κ1) is 17.2. The third-order valence-electron chi connectivity index (χ3n) is 4.00. The zero-order chi connectivity index (χ0) is 17.0. The number of para-hydroxylation sites is 1. The van der Waals surface area contributed by atoms with E-state index in [1.165, 1.54) is 0 Å². The highest BCUT2D eigenvalue weighted by molar-refractivity contribution is 5.95. The lowest BCUT2D eigenvalue weighted by Crippen LogP contribution is -2.28. The maximum absolute atomic E-state index is 12.3. The number of anilines is 1. The second-order valence-corrected chi connectivity index (χ2v) is 6.94. The lowest BCUT2D eigenvalue weighted by molar-refractivity contribution is -0.123. The van der Waals surface area contributed by atoms with E-state index in [-0.39, 0.29) is 11.8 Å². The molecule has 3 heteroatoms. The zero-order valence-electron chi connectivity index (χ0n) is 14.2. The van der Waals surface area contributed by atoms with Crippen molar-refractivity contribution in [3.8, 4) is 0 Å². The number of hydrogen-bond acceptors (Lipinski definition) is 2. The maximum Gasteiger partial charge on any atom is 0.229 e. The number of carbonyl (C=O) groups excluding carboxylic acids is 1. The fourth-order valence-corrected chi connectivity index (χ4v) is 2.43. The fraction of sp³-hybridized carbons (Fsp3) is 0.350. The van der Waals surface area contributed by atoms with Crippen molar-refractivity contribution in [2.75, 3.05) is 5.32 Å². The highest BCUT2D eigenvalue weighted by Gasteiger charge is 2.25. The van der Waals surface area contributed by atoms with Crippen LogP contribution in [0, 0.1) is 5.41 Å². The van der Waals surface area contributed by atoms with Crippen LogP contribution in [0.15, 0.2) is 54.6 Å². The third-order valence-corrected chi connectivity index (χ3v) is 4.00. The number of amides is 1. The molecule has 0 aliphatic heterocycles. The van der Waals surface area contributed by atoms with Crippen LogP contribution in [0.5, 0.6) is 0 Å². The summed E-state index contributed by atoms with van der Waals surface area (Å²) in [6.07, 6.45) is -0.621. The number of carbonyl (C=O) groups is 1. The molecule has 2 rings (SSSR count). The van der Waals surface area contributed by atoms with Gasteiger partial charge in [-0.15, -0.1) is 0 Å². The predicted octanol–water partition coefficient (Wildman–Crippen LogP) is 4.51. The number of aliphatic hydroxyl groups is 1. The van der Waals surface area contributed by atoms with Gasteiger partial charge in [0.1, 0.15) is 0 Å². The van der Waals surface area contributed by atoms with Crippen LogP contribution in [0.4, 0.5) is 5.69 Å². The summed E-state index contributed by atoms with van der Waals surface area (Å²) in [4.78, 5) is 12.3. The quantitative estimate of drug-likeness (QED) is 0.873. The average molecular weight is 311 g/mol. The molecule has 3 nitrogen and oxygen atoms in total. The van der Waals surface area contributed by atoms with Crippen LogP contribution in [0.25, 0.3) is 0 Å². The number of nitrogens with one attached hydrogen (secondary N) is 1. The molecule has 122 valence electrons. The molecule has 0 saturated carbocycles. The predicted molar refractivity (Wildman–Crippen MR) is 94.3 cm³/mol. The van der Waals surface area contributed by atoms with E-state index in [0.29, 0.717) is 0 Å². The van der Waals surface area contributed by atoms with Crippen molar-refractivity contribution >= 4 is 11.6 Å². The molecule has 0 aliphatic carbocycles. The fourth-order valence-electron chi connectivity index (χ4n) is 2.43. The van der Waals surface area contributed by atoms with E-state index in [1.807, 2.05) is 82.3 Å². The Hall–Kier alpha value is -2.13. The van der Waals surface area contributed by atoms with E-state index in [2.05, 4.69) is 5.32 Å². The lowest BCUT2D eigenvalue weighted by Gasteiger charge is -2.24. The van der Waals surface area contributed by atoms with Crippen molar-refractivity contribution in [1.82, 2.24) is 0 Å². The molecule has 0 aromatic heterocycles. The summed E-state index contributed by atoms with van der Waals surface area (Å²) >= 11 is 0. The second-order valence-electron chi connectivity index (χ2n) is 6.94. The van der Waals surface area contributed by atoms with E-state index in [0.717, 1.165) is 16.8 Å². The summed E-state index contributed by atoms with van der Waals surface area (Å²) in [7, 11) is 0. The average Bonchev–Trinajstić information content (AvgIpc) is 2.54. The van der Waals surface area contributed by atoms with Gasteiger partial charge in [-0.1, -0.05) is 76.2 Å². The van der Waals surface area contributed by atoms with Gasteiger partial charge >= 0.3 is 0 Å². The molecule has 2 N–H and O–H groups in total. The first-order valence-corrected chi connectivity index (χ1v) is 7.94. The molecule has 1 amide bonds. The molecule has 1 unspecified atom stereocenters. The van der Waals surface area contributed by atoms with Crippen LogP contribution in [0.2, 0.25) is 0 Å². The van der Waals surface area contributed by atoms with Gasteiger partial charge in [-0.25, -0.2) is 0 Å². The molecule has 0 bridgehead atoms. The minimum absolute atomic E-state index is 0.0358. The van der Waals surface area contributed by atoms with Gasteiger partial charge in [0.25, 0.3) is 0 Å². The maximum atomic E-state index is 12.3. The van der Waals surface area contributed by atoms with Gasteiger partial charge in [0.15, 0.2) is 0 Å². The van der Waals surface area contributed by atoms with Gasteiger partial charge in [0.05, 0.1) is 6.10 Å². The molecule has 2 aromatic rings. The highest BCUT2D eigenvalue weighted by atomic mass is 16.3. The highest BCUT2D eigenvalue weighted by Crippen LogP contribution is 2.35. The van der Waals surface area contributed by atoms with Crippen LogP contribution >= 0.6 is 0 Å². The first-order valence-electron chi connectivity index (χ1n) is 7.94. The zero-order valence-corrected chi connectivity index (χ0v) is 14.2. The van der Waals surface area contributed by atoms with E-state index in [9.17, 15) is 9.90 Å². The largest absolute Gasteiger partial charge is 0.388 e. The SMILES string of the molecule is C[C@H](c1ccccc1NC(=O)C(C)(C)C)C(O)c1ccccc1. The normalized spacial score (nSPS) is 14.1. The minimum Gasteiger partial charge on any atom is -0.388 e. The number of hydrogen-bond donors (Lipinski definition) is 2. The van der Waals surface area contributed by atoms with Gasteiger partial charge in [-0.2, -0.15) is 0 Å². The van der Waals surface area contributed by atoms with Crippen molar-refractivity contribution in [2.24, 2.45) is 5.41 Å². The summed E-state index contributed by atoms with van der Waals surface area (Å²) < 4.78 is 0. The molecular formula is C20H25NO2. The topological polar surface area (TPSA) is 49.3 Å². The Kier molecular flexibility index (Phi) is 5.22. The minimum atomic E-state index is -0.621. The van der Waals surface area contributed by atoms with E-state index in [4.69, 9.17) is 0 Å². The molecule has 0 spiro atoms. The summed E-state index contributed by atoms with van der Waals surface area (Å²) in [5, 5.41) is 13.6. The third kappa shape index (κ3) is 4.20. The van der Waals surface area contributed by atoms with Crippen LogP contribution in [0.1, 0.15) is 50.8 Å². The Labute approximate surface area is 138 Å². The van der Waals surface area contributed by atoms with E-state index >= 15 is 0 Å². The van der Waals surface area contributed by atoms with Gasteiger partial charge in [0.2, 0.25) is 5.91 Å². The number of benzene rings is 2. The van der Waals surface area contributed by atoms with Crippen LogP contribution in [-0.2, 0) is 4.79 Å². The van der Waals surface area contributed by atoms with Crippen molar-refractivity contribution in [3.63, 3.8) is 0 Å². The molecule has 2 atom stereocenters. The number of rotatable bonds is 4. The Balaban J connectivity index is 2.27. The van der Waals surface area contributed by atoms with Crippen molar-refractivity contribution in [3.05, 3.63) is 65.7 Å². The van der Waals surface area contributed by atoms with Gasteiger partial charge < -0.3 is 10.4 Å². The Morgan fingerprint density at radius 3 is 2.17 bits per heavy atom. The van der Waals surface area contributed by atoms with Crippen molar-refractivity contribution in [1.29, 1.82) is 0 Å². The summed E-state index contributed by atoms with van der Waals surface area (Å²) in [6.45, 7) is 7.62. The summed E-state index contributed by atoms with van der Waals surface area (Å²) in [5.74, 6) is -0.166. The van der Waals surface area contributed by atoms with Crippen LogP contribution in [0.3, 0.4) is 0 Å². The second kappa shape index (κ2) is 6.97. The van der Waals surface area contributed by atoms with Crippen molar-refractivity contribution < 1.29 is 9.90 Å². The molecule has 0 radical (unpaired) electrons. The smallest absolute Gasteiger partial charge is 0.229 e. The van der Waals surface area contributed by atoms with E-state index < -0.39 is 11.5 Å². The molecule has 0 fully saturated rings. The molecule has 23 heavy (non-hydrogen) atoms. The lowest BCUT2D eigenvalue weighted by atomic mass is 9.89. The van der Waals surface area contributed by atoms with Gasteiger partial charge in [-0.05, 0) is 17.2 Å². The molecule has 0 heterocycles. The summed E-state index contributed by atoms with van der Waals surface area (Å²) in [6, 6.07) is 17.2. The van der Waals surface area contributed by atoms with Gasteiger partial charge in [0, 0.05) is 17.0 Å².